The SMILES string of the molecule is CCOc1ccc2c(-c3nc(C)cs3)c(-c3ccc(NC(=O)OC(C)C)cc3)n(C3CCC3)c2c1. The summed E-state index contributed by atoms with van der Waals surface area (Å²) in [5.41, 5.74) is 6.33. The van der Waals surface area contributed by atoms with Crippen LogP contribution >= 0.6 is 11.3 Å². The summed E-state index contributed by atoms with van der Waals surface area (Å²) in [4.78, 5) is 16.9. The topological polar surface area (TPSA) is 65.4 Å². The fourth-order valence-electron chi connectivity index (χ4n) is 4.61. The van der Waals surface area contributed by atoms with Gasteiger partial charge in [0.25, 0.3) is 0 Å². The third kappa shape index (κ3) is 4.65. The van der Waals surface area contributed by atoms with E-state index in [1.165, 1.54) is 23.0 Å². The van der Waals surface area contributed by atoms with Crippen LogP contribution in [0, 0.1) is 6.92 Å². The number of aromatic nitrogens is 2. The molecule has 2 aromatic heterocycles. The molecule has 5 rings (SSSR count). The van der Waals surface area contributed by atoms with Crippen molar-refractivity contribution in [2.45, 2.75) is 59.1 Å². The van der Waals surface area contributed by atoms with Gasteiger partial charge in [0.2, 0.25) is 0 Å². The van der Waals surface area contributed by atoms with E-state index in [0.29, 0.717) is 18.3 Å². The van der Waals surface area contributed by atoms with Crippen LogP contribution in [0.5, 0.6) is 5.75 Å². The minimum absolute atomic E-state index is 0.168. The van der Waals surface area contributed by atoms with E-state index in [1.807, 2.05) is 39.8 Å². The van der Waals surface area contributed by atoms with Crippen LogP contribution in [0.1, 0.15) is 51.8 Å². The van der Waals surface area contributed by atoms with E-state index >= 15 is 0 Å². The molecule has 1 aliphatic carbocycles. The molecule has 0 unspecified atom stereocenters. The van der Waals surface area contributed by atoms with Crippen LogP contribution in [0.2, 0.25) is 0 Å². The second-order valence-electron chi connectivity index (χ2n) is 9.24. The van der Waals surface area contributed by atoms with Crippen molar-refractivity contribution in [1.82, 2.24) is 9.55 Å². The molecule has 7 heteroatoms. The van der Waals surface area contributed by atoms with E-state index in [0.717, 1.165) is 40.4 Å². The number of aryl methyl sites for hydroxylation is 1. The highest BCUT2D eigenvalue weighted by Gasteiger charge is 2.29. The smallest absolute Gasteiger partial charge is 0.411 e. The van der Waals surface area contributed by atoms with Gasteiger partial charge in [-0.3, -0.25) is 5.32 Å². The summed E-state index contributed by atoms with van der Waals surface area (Å²) in [6, 6.07) is 14.8. The summed E-state index contributed by atoms with van der Waals surface area (Å²) in [5.74, 6) is 0.884. The van der Waals surface area contributed by atoms with Crippen LogP contribution in [-0.4, -0.2) is 28.4 Å². The molecule has 0 spiro atoms. The van der Waals surface area contributed by atoms with Gasteiger partial charge in [-0.15, -0.1) is 11.3 Å². The Labute approximate surface area is 209 Å². The molecule has 182 valence electrons. The Kier molecular flexibility index (Phi) is 6.52. The van der Waals surface area contributed by atoms with E-state index in [9.17, 15) is 4.79 Å². The number of anilines is 1. The van der Waals surface area contributed by atoms with Crippen LogP contribution in [0.25, 0.3) is 32.7 Å². The molecule has 2 aromatic carbocycles. The molecule has 0 aliphatic heterocycles. The van der Waals surface area contributed by atoms with Crippen LogP contribution in [0.4, 0.5) is 10.5 Å². The average Bonchev–Trinajstić information content (AvgIpc) is 3.34. The minimum Gasteiger partial charge on any atom is -0.494 e. The van der Waals surface area contributed by atoms with Crippen molar-refractivity contribution in [3.05, 3.63) is 53.5 Å². The van der Waals surface area contributed by atoms with Gasteiger partial charge in [0, 0.05) is 39.8 Å². The number of nitrogens with zero attached hydrogens (tertiary/aromatic N) is 2. The Balaban J connectivity index is 1.66. The summed E-state index contributed by atoms with van der Waals surface area (Å²) in [5, 5.41) is 7.13. The number of nitrogens with one attached hydrogen (secondary N) is 1. The van der Waals surface area contributed by atoms with Gasteiger partial charge in [0.1, 0.15) is 10.8 Å². The van der Waals surface area contributed by atoms with Gasteiger partial charge in [0.15, 0.2) is 0 Å². The van der Waals surface area contributed by atoms with Gasteiger partial charge >= 0.3 is 6.09 Å². The Bertz CT molecular complexity index is 1350. The first kappa shape index (κ1) is 23.4. The Morgan fingerprint density at radius 3 is 2.57 bits per heavy atom. The number of amides is 1. The summed E-state index contributed by atoms with van der Waals surface area (Å²) in [6.07, 6.45) is 2.94. The molecule has 1 fully saturated rings. The van der Waals surface area contributed by atoms with E-state index in [2.05, 4.69) is 45.6 Å². The molecule has 1 N–H and O–H groups in total. The third-order valence-electron chi connectivity index (χ3n) is 6.31. The zero-order valence-electron chi connectivity index (χ0n) is 20.6. The molecule has 35 heavy (non-hydrogen) atoms. The van der Waals surface area contributed by atoms with Crippen molar-refractivity contribution >= 4 is 34.0 Å². The molecule has 0 saturated heterocycles. The lowest BCUT2D eigenvalue weighted by atomic mass is 9.92. The van der Waals surface area contributed by atoms with Gasteiger partial charge in [0.05, 0.1) is 23.9 Å². The van der Waals surface area contributed by atoms with Crippen molar-refractivity contribution in [1.29, 1.82) is 0 Å². The number of hydrogen-bond acceptors (Lipinski definition) is 5. The summed E-state index contributed by atoms with van der Waals surface area (Å²) < 4.78 is 13.6. The van der Waals surface area contributed by atoms with E-state index in [1.54, 1.807) is 11.3 Å². The average molecular weight is 490 g/mol. The quantitative estimate of drug-likeness (QED) is 0.287. The predicted molar refractivity (Wildman–Crippen MR) is 143 cm³/mol. The van der Waals surface area contributed by atoms with Crippen LogP contribution < -0.4 is 10.1 Å². The van der Waals surface area contributed by atoms with Gasteiger partial charge in [-0.25, -0.2) is 9.78 Å². The maximum Gasteiger partial charge on any atom is 0.411 e. The summed E-state index contributed by atoms with van der Waals surface area (Å²) >= 11 is 1.68. The number of carbonyl (C=O) groups excluding carboxylic acids is 1. The Morgan fingerprint density at radius 1 is 1.20 bits per heavy atom. The molecule has 0 bridgehead atoms. The standard InChI is InChI=1S/C28H31N3O3S/c1-5-33-22-13-14-23-24(15-22)31(21-7-6-8-21)26(25(23)27-29-18(4)16-35-27)19-9-11-20(12-10-19)30-28(32)34-17(2)3/h9-17,21H,5-8H2,1-4H3,(H,30,32). The molecule has 1 amide bonds. The highest BCUT2D eigenvalue weighted by atomic mass is 32.1. The number of hydrogen-bond donors (Lipinski definition) is 1. The van der Waals surface area contributed by atoms with E-state index in [-0.39, 0.29) is 6.10 Å². The van der Waals surface area contributed by atoms with Crippen molar-refractivity contribution in [3.8, 4) is 27.6 Å². The van der Waals surface area contributed by atoms with Crippen LogP contribution in [0.3, 0.4) is 0 Å². The van der Waals surface area contributed by atoms with Crippen molar-refractivity contribution in [3.63, 3.8) is 0 Å². The van der Waals surface area contributed by atoms with Gasteiger partial charge < -0.3 is 14.0 Å². The van der Waals surface area contributed by atoms with Crippen molar-refractivity contribution in [2.75, 3.05) is 11.9 Å². The number of carbonyl (C=O) groups is 1. The Hall–Kier alpha value is -3.32. The first-order valence-electron chi connectivity index (χ1n) is 12.3. The molecule has 6 nitrogen and oxygen atoms in total. The lowest BCUT2D eigenvalue weighted by Crippen LogP contribution is -2.18. The monoisotopic (exact) mass is 489 g/mol. The largest absolute Gasteiger partial charge is 0.494 e. The molecule has 0 radical (unpaired) electrons. The molecule has 2 heterocycles. The normalized spacial score (nSPS) is 13.7. The van der Waals surface area contributed by atoms with Crippen LogP contribution in [-0.2, 0) is 4.74 Å². The summed E-state index contributed by atoms with van der Waals surface area (Å²) in [6.45, 7) is 8.35. The second kappa shape index (κ2) is 9.74. The first-order chi connectivity index (χ1) is 16.9. The number of rotatable bonds is 7. The third-order valence-corrected chi connectivity index (χ3v) is 7.28. The lowest BCUT2D eigenvalue weighted by Gasteiger charge is -2.30. The van der Waals surface area contributed by atoms with Crippen LogP contribution in [0.15, 0.2) is 47.8 Å². The van der Waals surface area contributed by atoms with Crippen molar-refractivity contribution in [2.24, 2.45) is 0 Å². The number of thiazole rings is 1. The first-order valence-corrected chi connectivity index (χ1v) is 13.1. The van der Waals surface area contributed by atoms with Gasteiger partial charge in [-0.05, 0) is 76.8 Å². The molecule has 1 saturated carbocycles. The minimum atomic E-state index is -0.446. The number of ether oxygens (including phenoxy) is 2. The fourth-order valence-corrected chi connectivity index (χ4v) is 5.47. The predicted octanol–water partition coefficient (Wildman–Crippen LogP) is 7.82. The molecular weight excluding hydrogens is 458 g/mol. The zero-order chi connectivity index (χ0) is 24.5. The molecule has 4 aromatic rings. The number of benzene rings is 2. The second-order valence-corrected chi connectivity index (χ2v) is 10.1. The maximum atomic E-state index is 12.1. The number of fused-ring (bicyclic) bond motifs is 1. The maximum absolute atomic E-state index is 12.1. The van der Waals surface area contributed by atoms with Gasteiger partial charge in [-0.1, -0.05) is 12.1 Å². The van der Waals surface area contributed by atoms with Gasteiger partial charge in [-0.2, -0.15) is 0 Å². The molecule has 0 atom stereocenters. The Morgan fingerprint density at radius 2 is 1.97 bits per heavy atom. The molecule has 1 aliphatic rings. The lowest BCUT2D eigenvalue weighted by molar-refractivity contribution is 0.130. The zero-order valence-corrected chi connectivity index (χ0v) is 21.4. The fraction of sp³-hybridized carbons (Fsp3) is 0.357. The van der Waals surface area contributed by atoms with E-state index in [4.69, 9.17) is 14.5 Å². The highest BCUT2D eigenvalue weighted by Crippen LogP contribution is 2.48. The molecular formula is C28H31N3O3S. The van der Waals surface area contributed by atoms with Crippen molar-refractivity contribution < 1.29 is 14.3 Å². The summed E-state index contributed by atoms with van der Waals surface area (Å²) in [7, 11) is 0. The van der Waals surface area contributed by atoms with E-state index < -0.39 is 6.09 Å². The highest BCUT2D eigenvalue weighted by molar-refractivity contribution is 7.13.